The van der Waals surface area contributed by atoms with Gasteiger partial charge in [0, 0.05) is 24.3 Å². The summed E-state index contributed by atoms with van der Waals surface area (Å²) in [5.41, 5.74) is 3.51. The standard InChI is InChI=1S/C14H21NO/c1-11-6-7-14(13(10-11)12(2)16)15-8-4-3-5-9-15/h6-7,10,12,16H,3-5,8-9H2,1-2H3. The molecule has 1 heterocycles. The summed E-state index contributed by atoms with van der Waals surface area (Å²) >= 11 is 0. The Bertz CT molecular complexity index is 354. The van der Waals surface area contributed by atoms with Crippen LogP contribution in [0.4, 0.5) is 5.69 Å². The molecule has 0 aliphatic carbocycles. The lowest BCUT2D eigenvalue weighted by molar-refractivity contribution is 0.199. The van der Waals surface area contributed by atoms with Crippen LogP contribution >= 0.6 is 0 Å². The van der Waals surface area contributed by atoms with E-state index >= 15 is 0 Å². The molecular formula is C14H21NO. The van der Waals surface area contributed by atoms with E-state index in [1.54, 1.807) is 0 Å². The van der Waals surface area contributed by atoms with Crippen molar-refractivity contribution in [2.24, 2.45) is 0 Å². The quantitative estimate of drug-likeness (QED) is 0.826. The maximum Gasteiger partial charge on any atom is 0.0782 e. The number of nitrogens with zero attached hydrogens (tertiary/aromatic N) is 1. The van der Waals surface area contributed by atoms with Gasteiger partial charge >= 0.3 is 0 Å². The fourth-order valence-corrected chi connectivity index (χ4v) is 2.43. The molecule has 1 fully saturated rings. The molecule has 1 aliphatic rings. The van der Waals surface area contributed by atoms with Gasteiger partial charge in [0.05, 0.1) is 6.10 Å². The number of aliphatic hydroxyl groups is 1. The highest BCUT2D eigenvalue weighted by molar-refractivity contribution is 5.56. The Kier molecular flexibility index (Phi) is 3.49. The third kappa shape index (κ3) is 2.38. The van der Waals surface area contributed by atoms with Gasteiger partial charge in [0.1, 0.15) is 0 Å². The van der Waals surface area contributed by atoms with Gasteiger partial charge in [-0.3, -0.25) is 0 Å². The van der Waals surface area contributed by atoms with Crippen LogP contribution in [0.15, 0.2) is 18.2 Å². The Hall–Kier alpha value is -1.02. The monoisotopic (exact) mass is 219 g/mol. The molecule has 0 saturated carbocycles. The Morgan fingerprint density at radius 1 is 1.19 bits per heavy atom. The van der Waals surface area contributed by atoms with Crippen LogP contribution in [-0.4, -0.2) is 18.2 Å². The van der Waals surface area contributed by atoms with Crippen LogP contribution in [0.5, 0.6) is 0 Å². The Balaban J connectivity index is 2.31. The van der Waals surface area contributed by atoms with Crippen molar-refractivity contribution in [1.82, 2.24) is 0 Å². The molecule has 0 aromatic heterocycles. The molecule has 88 valence electrons. The Morgan fingerprint density at radius 2 is 1.88 bits per heavy atom. The molecule has 1 aliphatic heterocycles. The first-order valence-corrected chi connectivity index (χ1v) is 6.22. The number of benzene rings is 1. The van der Waals surface area contributed by atoms with E-state index in [4.69, 9.17) is 0 Å². The average molecular weight is 219 g/mol. The van der Waals surface area contributed by atoms with Gasteiger partial charge in [-0.05, 0) is 39.2 Å². The Labute approximate surface area is 97.9 Å². The van der Waals surface area contributed by atoms with Crippen LogP contribution < -0.4 is 4.90 Å². The predicted molar refractivity (Wildman–Crippen MR) is 67.9 cm³/mol. The van der Waals surface area contributed by atoms with Crippen LogP contribution in [0.3, 0.4) is 0 Å². The van der Waals surface area contributed by atoms with E-state index in [1.807, 2.05) is 6.92 Å². The summed E-state index contributed by atoms with van der Waals surface area (Å²) in [6, 6.07) is 6.40. The van der Waals surface area contributed by atoms with E-state index in [0.29, 0.717) is 0 Å². The zero-order valence-corrected chi connectivity index (χ0v) is 10.2. The summed E-state index contributed by atoms with van der Waals surface area (Å²) in [5, 5.41) is 9.83. The van der Waals surface area contributed by atoms with E-state index in [-0.39, 0.29) is 6.10 Å². The number of anilines is 1. The second kappa shape index (κ2) is 4.88. The van der Waals surface area contributed by atoms with Crippen LogP contribution in [0, 0.1) is 6.92 Å². The number of piperidine rings is 1. The molecule has 16 heavy (non-hydrogen) atoms. The summed E-state index contributed by atoms with van der Waals surface area (Å²) in [6.45, 7) is 6.18. The van der Waals surface area contributed by atoms with Gasteiger partial charge < -0.3 is 10.0 Å². The fourth-order valence-electron chi connectivity index (χ4n) is 2.43. The molecule has 1 N–H and O–H groups in total. The lowest BCUT2D eigenvalue weighted by Gasteiger charge is -2.31. The molecule has 2 heteroatoms. The number of aliphatic hydroxyl groups excluding tert-OH is 1. The van der Waals surface area contributed by atoms with E-state index in [0.717, 1.165) is 18.7 Å². The van der Waals surface area contributed by atoms with Gasteiger partial charge in [-0.1, -0.05) is 17.7 Å². The minimum absolute atomic E-state index is 0.378. The zero-order chi connectivity index (χ0) is 11.5. The minimum Gasteiger partial charge on any atom is -0.389 e. The van der Waals surface area contributed by atoms with Crippen molar-refractivity contribution < 1.29 is 5.11 Å². The van der Waals surface area contributed by atoms with Crippen molar-refractivity contribution >= 4 is 5.69 Å². The molecule has 1 atom stereocenters. The SMILES string of the molecule is Cc1ccc(N2CCCCC2)c(C(C)O)c1. The molecular weight excluding hydrogens is 198 g/mol. The van der Waals surface area contributed by atoms with Gasteiger partial charge in [0.15, 0.2) is 0 Å². The predicted octanol–water partition coefficient (Wildman–Crippen LogP) is 3.04. The molecule has 0 spiro atoms. The van der Waals surface area contributed by atoms with Gasteiger partial charge in [-0.2, -0.15) is 0 Å². The first kappa shape index (κ1) is 11.5. The molecule has 2 rings (SSSR count). The summed E-state index contributed by atoms with van der Waals surface area (Å²) < 4.78 is 0. The van der Waals surface area contributed by atoms with Crippen LogP contribution in [0.25, 0.3) is 0 Å². The first-order valence-electron chi connectivity index (χ1n) is 6.22. The summed E-state index contributed by atoms with van der Waals surface area (Å²) in [4.78, 5) is 2.41. The van der Waals surface area contributed by atoms with E-state index in [1.165, 1.54) is 30.5 Å². The van der Waals surface area contributed by atoms with Crippen molar-refractivity contribution in [3.63, 3.8) is 0 Å². The van der Waals surface area contributed by atoms with Crippen molar-refractivity contribution in [2.75, 3.05) is 18.0 Å². The van der Waals surface area contributed by atoms with Crippen molar-refractivity contribution in [3.8, 4) is 0 Å². The van der Waals surface area contributed by atoms with Crippen molar-refractivity contribution in [2.45, 2.75) is 39.2 Å². The third-order valence-corrected chi connectivity index (χ3v) is 3.33. The van der Waals surface area contributed by atoms with Crippen LogP contribution in [0.1, 0.15) is 43.4 Å². The number of aryl methyl sites for hydroxylation is 1. The highest BCUT2D eigenvalue weighted by atomic mass is 16.3. The van der Waals surface area contributed by atoms with Gasteiger partial charge in [-0.15, -0.1) is 0 Å². The van der Waals surface area contributed by atoms with Gasteiger partial charge in [0.2, 0.25) is 0 Å². The molecule has 1 aromatic rings. The van der Waals surface area contributed by atoms with E-state index < -0.39 is 0 Å². The number of hydrogen-bond donors (Lipinski definition) is 1. The lowest BCUT2D eigenvalue weighted by atomic mass is 10.0. The zero-order valence-electron chi connectivity index (χ0n) is 10.2. The minimum atomic E-state index is -0.378. The molecule has 1 unspecified atom stereocenters. The van der Waals surface area contributed by atoms with E-state index in [9.17, 15) is 5.11 Å². The normalized spacial score (nSPS) is 18.6. The van der Waals surface area contributed by atoms with Crippen molar-refractivity contribution in [1.29, 1.82) is 0 Å². The molecule has 1 saturated heterocycles. The maximum atomic E-state index is 9.83. The van der Waals surface area contributed by atoms with Gasteiger partial charge in [-0.25, -0.2) is 0 Å². The topological polar surface area (TPSA) is 23.5 Å². The molecule has 1 aromatic carbocycles. The number of rotatable bonds is 2. The molecule has 0 amide bonds. The van der Waals surface area contributed by atoms with Gasteiger partial charge in [0.25, 0.3) is 0 Å². The highest BCUT2D eigenvalue weighted by Crippen LogP contribution is 2.29. The summed E-state index contributed by atoms with van der Waals surface area (Å²) in [6.07, 6.45) is 3.50. The summed E-state index contributed by atoms with van der Waals surface area (Å²) in [7, 11) is 0. The Morgan fingerprint density at radius 3 is 2.50 bits per heavy atom. The molecule has 0 radical (unpaired) electrons. The summed E-state index contributed by atoms with van der Waals surface area (Å²) in [5.74, 6) is 0. The van der Waals surface area contributed by atoms with Crippen LogP contribution in [-0.2, 0) is 0 Å². The number of hydrogen-bond acceptors (Lipinski definition) is 2. The second-order valence-corrected chi connectivity index (χ2v) is 4.79. The third-order valence-electron chi connectivity index (χ3n) is 3.33. The average Bonchev–Trinajstić information content (AvgIpc) is 2.30. The molecule has 0 bridgehead atoms. The second-order valence-electron chi connectivity index (χ2n) is 4.79. The van der Waals surface area contributed by atoms with E-state index in [2.05, 4.69) is 30.0 Å². The smallest absolute Gasteiger partial charge is 0.0782 e. The lowest BCUT2D eigenvalue weighted by Crippen LogP contribution is -2.30. The van der Waals surface area contributed by atoms with Crippen LogP contribution in [0.2, 0.25) is 0 Å². The largest absolute Gasteiger partial charge is 0.389 e. The highest BCUT2D eigenvalue weighted by Gasteiger charge is 2.16. The first-order chi connectivity index (χ1) is 7.68. The molecule has 2 nitrogen and oxygen atoms in total. The fraction of sp³-hybridized carbons (Fsp3) is 0.571. The maximum absolute atomic E-state index is 9.83. The van der Waals surface area contributed by atoms with Crippen molar-refractivity contribution in [3.05, 3.63) is 29.3 Å².